The molecule has 98 valence electrons. The molecule has 2 atom stereocenters. The van der Waals surface area contributed by atoms with Gasteiger partial charge < -0.3 is 14.6 Å². The third-order valence-corrected chi connectivity index (χ3v) is 3.15. The molecule has 3 rings (SSSR count). The van der Waals surface area contributed by atoms with Crippen LogP contribution >= 0.6 is 0 Å². The molecule has 0 aliphatic carbocycles. The normalized spacial score (nSPS) is 21.2. The second-order valence-electron chi connectivity index (χ2n) is 4.75. The van der Waals surface area contributed by atoms with Gasteiger partial charge in [0.25, 0.3) is 0 Å². The van der Waals surface area contributed by atoms with E-state index in [0.717, 1.165) is 22.8 Å². The highest BCUT2D eigenvalue weighted by Gasteiger charge is 2.30. The minimum Gasteiger partial charge on any atom is -0.506 e. The third-order valence-electron chi connectivity index (χ3n) is 3.15. The fourth-order valence-electron chi connectivity index (χ4n) is 2.17. The Balaban J connectivity index is 1.94. The van der Waals surface area contributed by atoms with Gasteiger partial charge in [0.2, 0.25) is 0 Å². The number of rotatable bonds is 1. The Labute approximate surface area is 111 Å². The first-order chi connectivity index (χ1) is 9.13. The number of nitrogens with zero attached hydrogens (tertiary/aromatic N) is 1. The molecule has 0 spiro atoms. The van der Waals surface area contributed by atoms with Crippen LogP contribution in [-0.4, -0.2) is 16.2 Å². The van der Waals surface area contributed by atoms with Crippen molar-refractivity contribution in [3.05, 3.63) is 47.8 Å². The summed E-state index contributed by atoms with van der Waals surface area (Å²) in [5, 5.41) is 9.28. The van der Waals surface area contributed by atoms with E-state index in [1.54, 1.807) is 12.1 Å². The predicted molar refractivity (Wildman–Crippen MR) is 70.5 cm³/mol. The van der Waals surface area contributed by atoms with Crippen LogP contribution in [0.1, 0.15) is 24.3 Å². The van der Waals surface area contributed by atoms with Gasteiger partial charge in [-0.1, -0.05) is 6.07 Å². The molecule has 1 aromatic heterocycles. The molecule has 0 saturated heterocycles. The van der Waals surface area contributed by atoms with Crippen molar-refractivity contribution in [3.8, 4) is 17.2 Å². The van der Waals surface area contributed by atoms with Gasteiger partial charge in [0.05, 0.1) is 11.9 Å². The first-order valence-electron chi connectivity index (χ1n) is 6.22. The zero-order valence-corrected chi connectivity index (χ0v) is 10.8. The van der Waals surface area contributed by atoms with Gasteiger partial charge in [0.1, 0.15) is 11.9 Å². The first kappa shape index (κ1) is 11.8. The number of aryl methyl sites for hydroxylation is 1. The summed E-state index contributed by atoms with van der Waals surface area (Å²) < 4.78 is 11.8. The largest absolute Gasteiger partial charge is 0.506 e. The van der Waals surface area contributed by atoms with E-state index in [0.29, 0.717) is 0 Å². The topological polar surface area (TPSA) is 51.6 Å². The molecule has 0 bridgehead atoms. The summed E-state index contributed by atoms with van der Waals surface area (Å²) in [4.78, 5) is 4.19. The van der Waals surface area contributed by atoms with Crippen LogP contribution in [0.4, 0.5) is 0 Å². The second-order valence-corrected chi connectivity index (χ2v) is 4.75. The van der Waals surface area contributed by atoms with Gasteiger partial charge >= 0.3 is 0 Å². The fraction of sp³-hybridized carbons (Fsp3) is 0.267. The standard InChI is InChI=1S/C15H15NO3/c1-9-3-6-13-14(7-9)19-15(10(2)18-13)12-5-4-11(17)8-16-12/h3-8,10,15,17H,1-2H3. The SMILES string of the molecule is Cc1ccc2c(c1)OC(c1ccc(O)cn1)C(C)O2. The predicted octanol–water partition coefficient (Wildman–Crippen LogP) is 3.00. The first-order valence-corrected chi connectivity index (χ1v) is 6.22. The van der Waals surface area contributed by atoms with Crippen molar-refractivity contribution in [2.45, 2.75) is 26.1 Å². The minimum absolute atomic E-state index is 0.132. The van der Waals surface area contributed by atoms with Crippen molar-refractivity contribution in [2.24, 2.45) is 0 Å². The number of benzene rings is 1. The van der Waals surface area contributed by atoms with Crippen LogP contribution in [0.25, 0.3) is 0 Å². The minimum atomic E-state index is -0.269. The Morgan fingerprint density at radius 2 is 1.95 bits per heavy atom. The Morgan fingerprint density at radius 1 is 1.11 bits per heavy atom. The number of hydrogen-bond donors (Lipinski definition) is 1. The van der Waals surface area contributed by atoms with Crippen LogP contribution in [0.2, 0.25) is 0 Å². The molecule has 1 aliphatic heterocycles. The molecule has 0 saturated carbocycles. The number of pyridine rings is 1. The molecule has 0 radical (unpaired) electrons. The smallest absolute Gasteiger partial charge is 0.177 e. The zero-order chi connectivity index (χ0) is 13.4. The van der Waals surface area contributed by atoms with E-state index in [-0.39, 0.29) is 18.0 Å². The molecule has 19 heavy (non-hydrogen) atoms. The summed E-state index contributed by atoms with van der Waals surface area (Å²) in [7, 11) is 0. The number of fused-ring (bicyclic) bond motifs is 1. The lowest BCUT2D eigenvalue weighted by Crippen LogP contribution is -2.31. The Kier molecular flexibility index (Phi) is 2.78. The third kappa shape index (κ3) is 2.21. The molecule has 2 heterocycles. The summed E-state index contributed by atoms with van der Waals surface area (Å²) >= 11 is 0. The molecule has 1 aromatic carbocycles. The van der Waals surface area contributed by atoms with E-state index in [2.05, 4.69) is 4.98 Å². The molecular formula is C15H15NO3. The van der Waals surface area contributed by atoms with Crippen LogP contribution in [0.5, 0.6) is 17.2 Å². The van der Waals surface area contributed by atoms with E-state index < -0.39 is 0 Å². The van der Waals surface area contributed by atoms with E-state index in [1.807, 2.05) is 32.0 Å². The van der Waals surface area contributed by atoms with Crippen LogP contribution in [0.15, 0.2) is 36.5 Å². The van der Waals surface area contributed by atoms with Gasteiger partial charge in [0, 0.05) is 0 Å². The highest BCUT2D eigenvalue weighted by Crippen LogP contribution is 2.39. The summed E-state index contributed by atoms with van der Waals surface area (Å²) in [5.74, 6) is 1.63. The van der Waals surface area contributed by atoms with E-state index in [1.165, 1.54) is 6.20 Å². The quantitative estimate of drug-likeness (QED) is 0.853. The maximum atomic E-state index is 9.28. The van der Waals surface area contributed by atoms with Gasteiger partial charge in [-0.25, -0.2) is 0 Å². The highest BCUT2D eigenvalue weighted by atomic mass is 16.6. The lowest BCUT2D eigenvalue weighted by Gasteiger charge is -2.31. The molecule has 2 aromatic rings. The molecule has 0 amide bonds. The van der Waals surface area contributed by atoms with Crippen molar-refractivity contribution in [1.82, 2.24) is 4.98 Å². The molecule has 1 N–H and O–H groups in total. The number of ether oxygens (including phenoxy) is 2. The van der Waals surface area contributed by atoms with E-state index >= 15 is 0 Å². The van der Waals surface area contributed by atoms with Gasteiger partial charge in [0.15, 0.2) is 17.6 Å². The monoisotopic (exact) mass is 257 g/mol. The maximum absolute atomic E-state index is 9.28. The molecular weight excluding hydrogens is 242 g/mol. The highest BCUT2D eigenvalue weighted by molar-refractivity contribution is 5.44. The van der Waals surface area contributed by atoms with Crippen LogP contribution in [-0.2, 0) is 0 Å². The Hall–Kier alpha value is -2.23. The average molecular weight is 257 g/mol. The lowest BCUT2D eigenvalue weighted by molar-refractivity contribution is 0.0281. The van der Waals surface area contributed by atoms with Gasteiger partial charge in [-0.05, 0) is 43.7 Å². The molecule has 0 fully saturated rings. The molecule has 4 nitrogen and oxygen atoms in total. The summed E-state index contributed by atoms with van der Waals surface area (Å²) in [6.07, 6.45) is 1.01. The van der Waals surface area contributed by atoms with Gasteiger partial charge in [-0.2, -0.15) is 0 Å². The van der Waals surface area contributed by atoms with Crippen LogP contribution in [0, 0.1) is 6.92 Å². The van der Waals surface area contributed by atoms with Crippen molar-refractivity contribution in [2.75, 3.05) is 0 Å². The molecule has 4 heteroatoms. The zero-order valence-electron chi connectivity index (χ0n) is 10.8. The van der Waals surface area contributed by atoms with Crippen LogP contribution < -0.4 is 9.47 Å². The number of aromatic nitrogens is 1. The second kappa shape index (κ2) is 4.46. The fourth-order valence-corrected chi connectivity index (χ4v) is 2.17. The molecule has 2 unspecified atom stereocenters. The average Bonchev–Trinajstić information content (AvgIpc) is 2.40. The Bertz CT molecular complexity index is 595. The maximum Gasteiger partial charge on any atom is 0.177 e. The van der Waals surface area contributed by atoms with Crippen LogP contribution in [0.3, 0.4) is 0 Å². The summed E-state index contributed by atoms with van der Waals surface area (Å²) in [6.45, 7) is 3.96. The lowest BCUT2D eigenvalue weighted by atomic mass is 10.1. The van der Waals surface area contributed by atoms with Gasteiger partial charge in [-0.15, -0.1) is 0 Å². The van der Waals surface area contributed by atoms with Gasteiger partial charge in [-0.3, -0.25) is 4.98 Å². The van der Waals surface area contributed by atoms with Crippen molar-refractivity contribution in [3.63, 3.8) is 0 Å². The summed E-state index contributed by atoms with van der Waals surface area (Å²) in [6, 6.07) is 9.22. The van der Waals surface area contributed by atoms with Crippen molar-refractivity contribution >= 4 is 0 Å². The van der Waals surface area contributed by atoms with E-state index in [4.69, 9.17) is 9.47 Å². The number of aromatic hydroxyl groups is 1. The Morgan fingerprint density at radius 3 is 2.68 bits per heavy atom. The van der Waals surface area contributed by atoms with E-state index in [9.17, 15) is 5.11 Å². The summed E-state index contributed by atoms with van der Waals surface area (Å²) in [5.41, 5.74) is 1.87. The molecule has 1 aliphatic rings. The number of hydrogen-bond acceptors (Lipinski definition) is 4. The van der Waals surface area contributed by atoms with Crippen molar-refractivity contribution in [1.29, 1.82) is 0 Å². The van der Waals surface area contributed by atoms with Crippen molar-refractivity contribution < 1.29 is 14.6 Å².